The lowest BCUT2D eigenvalue weighted by Crippen LogP contribution is -2.44. The molecule has 134 valence electrons. The first kappa shape index (κ1) is 16.4. The summed E-state index contributed by atoms with van der Waals surface area (Å²) in [6.45, 7) is 5.00. The maximum absolute atomic E-state index is 12.8. The predicted octanol–water partition coefficient (Wildman–Crippen LogP) is 2.57. The van der Waals surface area contributed by atoms with Crippen LogP contribution in [0.2, 0.25) is 0 Å². The van der Waals surface area contributed by atoms with E-state index in [9.17, 15) is 9.59 Å². The number of carbonyl (C=O) groups is 2. The first-order chi connectivity index (χ1) is 12.1. The van der Waals surface area contributed by atoms with E-state index < -0.39 is 0 Å². The molecular formula is C20H27N3O2. The first-order valence-electron chi connectivity index (χ1n) is 9.55. The van der Waals surface area contributed by atoms with Gasteiger partial charge in [0.1, 0.15) is 0 Å². The van der Waals surface area contributed by atoms with Gasteiger partial charge < -0.3 is 15.1 Å². The molecule has 1 saturated carbocycles. The number of amides is 3. The van der Waals surface area contributed by atoms with Gasteiger partial charge in [0, 0.05) is 32.1 Å². The largest absolute Gasteiger partial charge is 0.341 e. The van der Waals surface area contributed by atoms with Crippen molar-refractivity contribution in [1.29, 1.82) is 0 Å². The Morgan fingerprint density at radius 1 is 1.04 bits per heavy atom. The van der Waals surface area contributed by atoms with Crippen molar-refractivity contribution in [3.8, 4) is 0 Å². The summed E-state index contributed by atoms with van der Waals surface area (Å²) in [5.41, 5.74) is 2.60. The first-order valence-corrected chi connectivity index (χ1v) is 9.55. The Morgan fingerprint density at radius 3 is 2.56 bits per heavy atom. The maximum atomic E-state index is 12.8. The predicted molar refractivity (Wildman–Crippen MR) is 96.1 cm³/mol. The fraction of sp³-hybridized carbons (Fsp3) is 0.600. The Kier molecular flexibility index (Phi) is 4.40. The molecule has 0 radical (unpaired) electrons. The molecule has 0 aromatic heterocycles. The second-order valence-corrected chi connectivity index (χ2v) is 7.75. The molecule has 25 heavy (non-hydrogen) atoms. The molecule has 4 rings (SSSR count). The molecule has 0 unspecified atom stereocenters. The van der Waals surface area contributed by atoms with E-state index in [1.54, 1.807) is 0 Å². The summed E-state index contributed by atoms with van der Waals surface area (Å²) in [7, 11) is 0. The van der Waals surface area contributed by atoms with Gasteiger partial charge in [-0.3, -0.25) is 4.79 Å². The van der Waals surface area contributed by atoms with Crippen LogP contribution < -0.4 is 5.32 Å². The minimum absolute atomic E-state index is 0.00859. The molecule has 3 amide bonds. The molecular weight excluding hydrogens is 314 g/mol. The summed E-state index contributed by atoms with van der Waals surface area (Å²) in [4.78, 5) is 28.9. The quantitative estimate of drug-likeness (QED) is 0.899. The van der Waals surface area contributed by atoms with Crippen molar-refractivity contribution < 1.29 is 9.59 Å². The number of hydrogen-bond donors (Lipinski definition) is 1. The van der Waals surface area contributed by atoms with Gasteiger partial charge in [0.15, 0.2) is 0 Å². The van der Waals surface area contributed by atoms with Crippen LogP contribution in [0.25, 0.3) is 0 Å². The van der Waals surface area contributed by atoms with E-state index in [0.29, 0.717) is 24.9 Å². The van der Waals surface area contributed by atoms with Crippen LogP contribution >= 0.6 is 0 Å². The SMILES string of the molecule is C[C@H]1Cc2ccccc2[C@@H]1NC(=O)N1CCCN(C(=O)C2CC2)CC1. The number of rotatable bonds is 2. The molecule has 2 fully saturated rings. The van der Waals surface area contributed by atoms with Crippen LogP contribution in [0.15, 0.2) is 24.3 Å². The Labute approximate surface area is 149 Å². The van der Waals surface area contributed by atoms with Crippen molar-refractivity contribution in [2.24, 2.45) is 11.8 Å². The Balaban J connectivity index is 1.37. The lowest BCUT2D eigenvalue weighted by Gasteiger charge is -2.26. The van der Waals surface area contributed by atoms with Crippen molar-refractivity contribution in [1.82, 2.24) is 15.1 Å². The fourth-order valence-corrected chi connectivity index (χ4v) is 4.17. The monoisotopic (exact) mass is 341 g/mol. The van der Waals surface area contributed by atoms with Gasteiger partial charge >= 0.3 is 6.03 Å². The molecule has 3 aliphatic rings. The van der Waals surface area contributed by atoms with Crippen LogP contribution in [0.4, 0.5) is 4.79 Å². The van der Waals surface area contributed by atoms with E-state index >= 15 is 0 Å². The van der Waals surface area contributed by atoms with E-state index in [4.69, 9.17) is 0 Å². The molecule has 1 aromatic carbocycles. The number of urea groups is 1. The highest BCUT2D eigenvalue weighted by atomic mass is 16.2. The van der Waals surface area contributed by atoms with Gasteiger partial charge in [-0.05, 0) is 42.7 Å². The third-order valence-corrected chi connectivity index (χ3v) is 5.80. The summed E-state index contributed by atoms with van der Waals surface area (Å²) in [5.74, 6) is 0.970. The zero-order chi connectivity index (χ0) is 17.4. The Morgan fingerprint density at radius 2 is 1.76 bits per heavy atom. The lowest BCUT2D eigenvalue weighted by molar-refractivity contribution is -0.132. The lowest BCUT2D eigenvalue weighted by atomic mass is 10.0. The highest BCUT2D eigenvalue weighted by Gasteiger charge is 2.35. The molecule has 1 aliphatic heterocycles. The standard InChI is InChI=1S/C20H27N3O2/c1-14-13-16-5-2-3-6-17(16)18(14)21-20(25)23-10-4-9-22(11-12-23)19(24)15-7-8-15/h2-3,5-6,14-15,18H,4,7-13H2,1H3,(H,21,25)/t14-,18+/m0/s1. The summed E-state index contributed by atoms with van der Waals surface area (Å²) >= 11 is 0. The molecule has 1 aromatic rings. The van der Waals surface area contributed by atoms with Crippen molar-refractivity contribution in [3.05, 3.63) is 35.4 Å². The van der Waals surface area contributed by atoms with Crippen LogP contribution in [0.1, 0.15) is 43.4 Å². The number of hydrogen-bond acceptors (Lipinski definition) is 2. The van der Waals surface area contributed by atoms with E-state index in [-0.39, 0.29) is 18.0 Å². The van der Waals surface area contributed by atoms with Gasteiger partial charge in [-0.25, -0.2) is 4.79 Å². The van der Waals surface area contributed by atoms with Gasteiger partial charge in [-0.15, -0.1) is 0 Å². The summed E-state index contributed by atoms with van der Waals surface area (Å²) in [5, 5.41) is 3.25. The molecule has 2 aliphatic carbocycles. The summed E-state index contributed by atoms with van der Waals surface area (Å²) in [6.07, 6.45) is 3.96. The fourth-order valence-electron chi connectivity index (χ4n) is 4.17. The summed E-state index contributed by atoms with van der Waals surface area (Å²) in [6, 6.07) is 8.50. The molecule has 1 saturated heterocycles. The van der Waals surface area contributed by atoms with Gasteiger partial charge in [0.25, 0.3) is 0 Å². The Bertz CT molecular complexity index is 671. The minimum atomic E-state index is 0.00859. The average Bonchev–Trinajstić information content (AvgIpc) is 3.43. The van der Waals surface area contributed by atoms with Gasteiger partial charge in [-0.2, -0.15) is 0 Å². The highest BCUT2D eigenvalue weighted by Crippen LogP contribution is 2.35. The van der Waals surface area contributed by atoms with E-state index in [2.05, 4.69) is 30.4 Å². The Hall–Kier alpha value is -2.04. The third kappa shape index (κ3) is 3.37. The number of carbonyl (C=O) groups excluding carboxylic acids is 2. The van der Waals surface area contributed by atoms with Crippen molar-refractivity contribution >= 4 is 11.9 Å². The van der Waals surface area contributed by atoms with Crippen LogP contribution in [-0.2, 0) is 11.2 Å². The van der Waals surface area contributed by atoms with Crippen LogP contribution in [-0.4, -0.2) is 47.9 Å². The van der Waals surface area contributed by atoms with Crippen LogP contribution in [0.5, 0.6) is 0 Å². The molecule has 0 spiro atoms. The normalized spacial score (nSPS) is 26.1. The smallest absolute Gasteiger partial charge is 0.317 e. The van der Waals surface area contributed by atoms with E-state index in [1.165, 1.54) is 11.1 Å². The van der Waals surface area contributed by atoms with Gasteiger partial charge in [0.05, 0.1) is 6.04 Å². The van der Waals surface area contributed by atoms with Crippen LogP contribution in [0, 0.1) is 11.8 Å². The number of benzene rings is 1. The van der Waals surface area contributed by atoms with Gasteiger partial charge in [-0.1, -0.05) is 31.2 Å². The molecule has 2 atom stereocenters. The maximum Gasteiger partial charge on any atom is 0.317 e. The number of fused-ring (bicyclic) bond motifs is 1. The second kappa shape index (κ2) is 6.70. The summed E-state index contributed by atoms with van der Waals surface area (Å²) < 4.78 is 0. The third-order valence-electron chi connectivity index (χ3n) is 5.80. The molecule has 1 N–H and O–H groups in total. The second-order valence-electron chi connectivity index (χ2n) is 7.75. The molecule has 5 nitrogen and oxygen atoms in total. The van der Waals surface area contributed by atoms with Crippen molar-refractivity contribution in [2.45, 2.75) is 38.6 Å². The molecule has 0 bridgehead atoms. The molecule has 5 heteroatoms. The van der Waals surface area contributed by atoms with E-state index in [0.717, 1.165) is 38.8 Å². The number of nitrogens with one attached hydrogen (secondary N) is 1. The highest BCUT2D eigenvalue weighted by molar-refractivity contribution is 5.81. The van der Waals surface area contributed by atoms with E-state index in [1.807, 2.05) is 15.9 Å². The van der Waals surface area contributed by atoms with Crippen molar-refractivity contribution in [3.63, 3.8) is 0 Å². The average molecular weight is 341 g/mol. The van der Waals surface area contributed by atoms with Gasteiger partial charge in [0.2, 0.25) is 5.91 Å². The zero-order valence-corrected chi connectivity index (χ0v) is 14.9. The topological polar surface area (TPSA) is 52.7 Å². The van der Waals surface area contributed by atoms with Crippen molar-refractivity contribution in [2.75, 3.05) is 26.2 Å². The molecule has 1 heterocycles. The van der Waals surface area contributed by atoms with Crippen LogP contribution in [0.3, 0.4) is 0 Å². The number of nitrogens with zero attached hydrogens (tertiary/aromatic N) is 2. The zero-order valence-electron chi connectivity index (χ0n) is 14.9. The minimum Gasteiger partial charge on any atom is -0.341 e.